The fourth-order valence-corrected chi connectivity index (χ4v) is 2.37. The topological polar surface area (TPSA) is 41.5 Å². The molecule has 0 aliphatic heterocycles. The van der Waals surface area contributed by atoms with Crippen LogP contribution in [0.5, 0.6) is 0 Å². The van der Waals surface area contributed by atoms with Crippen molar-refractivity contribution in [3.8, 4) is 0 Å². The van der Waals surface area contributed by atoms with E-state index in [-0.39, 0.29) is 5.91 Å². The van der Waals surface area contributed by atoms with Crippen LogP contribution in [-0.4, -0.2) is 12.1 Å². The van der Waals surface area contributed by atoms with Crippen molar-refractivity contribution >= 4 is 23.5 Å². The molecule has 0 atom stereocenters. The zero-order valence-electron chi connectivity index (χ0n) is 12.9. The van der Waals surface area contributed by atoms with Gasteiger partial charge in [0.05, 0.1) is 5.69 Å². The first-order chi connectivity index (χ1) is 9.95. The Morgan fingerprint density at radius 1 is 1.05 bits per heavy atom. The van der Waals surface area contributed by atoms with Gasteiger partial charge in [0.25, 0.3) is 0 Å². The summed E-state index contributed by atoms with van der Waals surface area (Å²) in [6.45, 7) is 7.79. The van der Waals surface area contributed by atoms with Crippen LogP contribution in [0, 0.1) is 20.8 Å². The average molecular weight is 280 g/mol. The van der Waals surface area contributed by atoms with Crippen LogP contribution in [0.2, 0.25) is 0 Å². The van der Waals surface area contributed by atoms with Crippen molar-refractivity contribution in [2.45, 2.75) is 27.7 Å². The van der Waals surface area contributed by atoms with Crippen LogP contribution in [0.3, 0.4) is 0 Å². The van der Waals surface area contributed by atoms with Gasteiger partial charge in [-0.05, 0) is 61.7 Å². The molecule has 0 aliphatic rings. The van der Waals surface area contributed by atoms with Gasteiger partial charge in [-0.2, -0.15) is 0 Å². The van der Waals surface area contributed by atoms with Crippen molar-refractivity contribution in [1.82, 2.24) is 0 Å². The summed E-state index contributed by atoms with van der Waals surface area (Å²) in [6.07, 6.45) is 1.90. The van der Waals surface area contributed by atoms with Gasteiger partial charge in [-0.25, -0.2) is 0 Å². The Morgan fingerprint density at radius 2 is 1.62 bits per heavy atom. The number of anilines is 1. The number of aliphatic imine (C=N–C) groups is 1. The van der Waals surface area contributed by atoms with Crippen molar-refractivity contribution in [3.05, 3.63) is 58.7 Å². The van der Waals surface area contributed by atoms with Gasteiger partial charge in [0, 0.05) is 18.8 Å². The summed E-state index contributed by atoms with van der Waals surface area (Å²) >= 11 is 0. The highest BCUT2D eigenvalue weighted by molar-refractivity contribution is 5.89. The SMILES string of the molecule is CC(=O)Nc1ccc(N=Cc2c(C)cc(C)cc2C)cc1. The lowest BCUT2D eigenvalue weighted by molar-refractivity contribution is -0.114. The molecule has 0 spiro atoms. The molecule has 3 nitrogen and oxygen atoms in total. The molecule has 2 rings (SSSR count). The number of hydrogen-bond acceptors (Lipinski definition) is 2. The van der Waals surface area contributed by atoms with Gasteiger partial charge < -0.3 is 5.32 Å². The number of carbonyl (C=O) groups excluding carboxylic acids is 1. The first-order valence-electron chi connectivity index (χ1n) is 6.95. The summed E-state index contributed by atoms with van der Waals surface area (Å²) in [7, 11) is 0. The molecule has 3 heteroatoms. The lowest BCUT2D eigenvalue weighted by Crippen LogP contribution is -2.04. The molecule has 108 valence electrons. The number of carbonyl (C=O) groups is 1. The minimum absolute atomic E-state index is 0.0721. The Balaban J connectivity index is 2.20. The summed E-state index contributed by atoms with van der Waals surface area (Å²) in [6, 6.07) is 11.8. The summed E-state index contributed by atoms with van der Waals surface area (Å²) < 4.78 is 0. The van der Waals surface area contributed by atoms with Crippen LogP contribution < -0.4 is 5.32 Å². The smallest absolute Gasteiger partial charge is 0.221 e. The molecule has 0 heterocycles. The maximum Gasteiger partial charge on any atom is 0.221 e. The molecule has 0 bridgehead atoms. The van der Waals surface area contributed by atoms with Crippen LogP contribution >= 0.6 is 0 Å². The normalized spacial score (nSPS) is 10.9. The zero-order chi connectivity index (χ0) is 15.4. The Hall–Kier alpha value is -2.42. The minimum atomic E-state index is -0.0721. The third kappa shape index (κ3) is 4.02. The number of amides is 1. The van der Waals surface area contributed by atoms with Crippen LogP contribution in [0.4, 0.5) is 11.4 Å². The number of benzene rings is 2. The molecule has 1 N–H and O–H groups in total. The van der Waals surface area contributed by atoms with Crippen LogP contribution in [0.1, 0.15) is 29.2 Å². The maximum absolute atomic E-state index is 11.0. The lowest BCUT2D eigenvalue weighted by Gasteiger charge is -2.06. The quantitative estimate of drug-likeness (QED) is 0.836. The molecule has 2 aromatic rings. The highest BCUT2D eigenvalue weighted by atomic mass is 16.1. The predicted octanol–water partition coefficient (Wildman–Crippen LogP) is 4.32. The summed E-state index contributed by atoms with van der Waals surface area (Å²) in [5, 5.41) is 2.74. The highest BCUT2D eigenvalue weighted by Gasteiger charge is 2.01. The lowest BCUT2D eigenvalue weighted by atomic mass is 10.0. The number of hydrogen-bond donors (Lipinski definition) is 1. The molecular formula is C18H20N2O. The molecule has 0 saturated carbocycles. The van der Waals surface area contributed by atoms with Crippen molar-refractivity contribution in [1.29, 1.82) is 0 Å². The third-order valence-electron chi connectivity index (χ3n) is 3.27. The van der Waals surface area contributed by atoms with Gasteiger partial charge >= 0.3 is 0 Å². The van der Waals surface area contributed by atoms with E-state index >= 15 is 0 Å². The summed E-state index contributed by atoms with van der Waals surface area (Å²) in [5.41, 5.74) is 6.53. The molecule has 0 unspecified atom stereocenters. The zero-order valence-corrected chi connectivity index (χ0v) is 12.9. The van der Waals surface area contributed by atoms with E-state index in [0.717, 1.165) is 16.9 Å². The Bertz CT molecular complexity index is 662. The minimum Gasteiger partial charge on any atom is -0.326 e. The monoisotopic (exact) mass is 280 g/mol. The number of nitrogens with zero attached hydrogens (tertiary/aromatic N) is 1. The molecule has 0 aromatic heterocycles. The van der Waals surface area contributed by atoms with Crippen molar-refractivity contribution < 1.29 is 4.79 Å². The van der Waals surface area contributed by atoms with E-state index < -0.39 is 0 Å². The Morgan fingerprint density at radius 3 is 2.14 bits per heavy atom. The largest absolute Gasteiger partial charge is 0.326 e. The fraction of sp³-hybridized carbons (Fsp3) is 0.222. The number of rotatable bonds is 3. The molecule has 2 aromatic carbocycles. The molecule has 0 radical (unpaired) electrons. The summed E-state index contributed by atoms with van der Waals surface area (Å²) in [5.74, 6) is -0.0721. The van der Waals surface area contributed by atoms with E-state index in [4.69, 9.17) is 0 Å². The van der Waals surface area contributed by atoms with Crippen LogP contribution in [0.15, 0.2) is 41.4 Å². The second-order valence-corrected chi connectivity index (χ2v) is 5.30. The van der Waals surface area contributed by atoms with Gasteiger partial charge in [0.2, 0.25) is 5.91 Å². The Kier molecular flexibility index (Phi) is 4.53. The van der Waals surface area contributed by atoms with Gasteiger partial charge in [0.1, 0.15) is 0 Å². The molecular weight excluding hydrogens is 260 g/mol. The molecule has 0 fully saturated rings. The van der Waals surface area contributed by atoms with Gasteiger partial charge in [-0.3, -0.25) is 9.79 Å². The van der Waals surface area contributed by atoms with Crippen LogP contribution in [-0.2, 0) is 4.79 Å². The second kappa shape index (κ2) is 6.35. The molecule has 1 amide bonds. The molecule has 21 heavy (non-hydrogen) atoms. The summed E-state index contributed by atoms with van der Waals surface area (Å²) in [4.78, 5) is 15.5. The standard InChI is InChI=1S/C18H20N2O/c1-12-9-13(2)18(14(3)10-12)11-19-16-5-7-17(8-6-16)20-15(4)21/h5-11H,1-4H3,(H,20,21). The molecule has 0 saturated heterocycles. The third-order valence-corrected chi connectivity index (χ3v) is 3.27. The second-order valence-electron chi connectivity index (χ2n) is 5.30. The fourth-order valence-electron chi connectivity index (χ4n) is 2.37. The van der Waals surface area contributed by atoms with E-state index in [1.807, 2.05) is 30.5 Å². The van der Waals surface area contributed by atoms with E-state index in [2.05, 4.69) is 43.2 Å². The van der Waals surface area contributed by atoms with Crippen molar-refractivity contribution in [3.63, 3.8) is 0 Å². The van der Waals surface area contributed by atoms with E-state index in [0.29, 0.717) is 0 Å². The maximum atomic E-state index is 11.0. The number of nitrogens with one attached hydrogen (secondary N) is 1. The van der Waals surface area contributed by atoms with Gasteiger partial charge in [-0.15, -0.1) is 0 Å². The van der Waals surface area contributed by atoms with Crippen LogP contribution in [0.25, 0.3) is 0 Å². The average Bonchev–Trinajstić information content (AvgIpc) is 2.38. The van der Waals surface area contributed by atoms with Gasteiger partial charge in [-0.1, -0.05) is 17.7 Å². The predicted molar refractivity (Wildman–Crippen MR) is 88.7 cm³/mol. The van der Waals surface area contributed by atoms with Crippen molar-refractivity contribution in [2.75, 3.05) is 5.32 Å². The van der Waals surface area contributed by atoms with Gasteiger partial charge in [0.15, 0.2) is 0 Å². The highest BCUT2D eigenvalue weighted by Crippen LogP contribution is 2.18. The number of aryl methyl sites for hydroxylation is 3. The molecule has 0 aliphatic carbocycles. The first kappa shape index (κ1) is 15.0. The van der Waals surface area contributed by atoms with E-state index in [1.165, 1.54) is 23.6 Å². The van der Waals surface area contributed by atoms with Crippen molar-refractivity contribution in [2.24, 2.45) is 4.99 Å². The van der Waals surface area contributed by atoms with E-state index in [1.54, 1.807) is 0 Å². The van der Waals surface area contributed by atoms with E-state index in [9.17, 15) is 4.79 Å². The Labute approximate surface area is 125 Å². The first-order valence-corrected chi connectivity index (χ1v) is 6.95.